The normalized spacial score (nSPS) is 15.0. The summed E-state index contributed by atoms with van der Waals surface area (Å²) in [6, 6.07) is 16.4. The lowest BCUT2D eigenvalue weighted by Gasteiger charge is -2.31. The van der Waals surface area contributed by atoms with Gasteiger partial charge in [-0.1, -0.05) is 0 Å². The summed E-state index contributed by atoms with van der Waals surface area (Å²) < 4.78 is 7.82. The first-order chi connectivity index (χ1) is 12.9. The van der Waals surface area contributed by atoms with Crippen LogP contribution in [0.2, 0.25) is 0 Å². The molecule has 136 valence electrons. The molecule has 27 heavy (non-hydrogen) atoms. The SMILES string of the molecule is CC1(C)CC(=O)c2cc(NC(=O)c3ccc(-n4cccc4)cc3)ccc2O1. The topological polar surface area (TPSA) is 60.3 Å². The molecule has 3 aromatic rings. The molecule has 0 unspecified atom stereocenters. The van der Waals surface area contributed by atoms with Crippen molar-refractivity contribution in [1.29, 1.82) is 0 Å². The summed E-state index contributed by atoms with van der Waals surface area (Å²) in [5, 5.41) is 2.85. The average Bonchev–Trinajstić information content (AvgIpc) is 3.16. The molecule has 0 saturated heterocycles. The summed E-state index contributed by atoms with van der Waals surface area (Å²) in [6.45, 7) is 3.78. The van der Waals surface area contributed by atoms with Gasteiger partial charge in [-0.05, 0) is 68.4 Å². The summed E-state index contributed by atoms with van der Waals surface area (Å²) >= 11 is 0. The number of hydrogen-bond donors (Lipinski definition) is 1. The summed E-state index contributed by atoms with van der Waals surface area (Å²) in [6.07, 6.45) is 4.21. The van der Waals surface area contributed by atoms with Crippen molar-refractivity contribution in [3.8, 4) is 11.4 Å². The fraction of sp³-hybridized carbons (Fsp3) is 0.182. The smallest absolute Gasteiger partial charge is 0.255 e. The molecule has 0 fully saturated rings. The largest absolute Gasteiger partial charge is 0.487 e. The number of fused-ring (bicyclic) bond motifs is 1. The van der Waals surface area contributed by atoms with E-state index in [0.717, 1.165) is 5.69 Å². The number of rotatable bonds is 3. The molecule has 0 spiro atoms. The van der Waals surface area contributed by atoms with E-state index in [1.54, 1.807) is 30.3 Å². The van der Waals surface area contributed by atoms with E-state index in [9.17, 15) is 9.59 Å². The van der Waals surface area contributed by atoms with E-state index in [1.807, 2.05) is 55.1 Å². The van der Waals surface area contributed by atoms with Gasteiger partial charge in [-0.15, -0.1) is 0 Å². The maximum Gasteiger partial charge on any atom is 0.255 e. The number of nitrogens with one attached hydrogen (secondary N) is 1. The molecule has 2 heterocycles. The monoisotopic (exact) mass is 360 g/mol. The first-order valence-electron chi connectivity index (χ1n) is 8.82. The maximum atomic E-state index is 12.5. The lowest BCUT2D eigenvalue weighted by Crippen LogP contribution is -2.35. The highest BCUT2D eigenvalue weighted by molar-refractivity contribution is 6.06. The van der Waals surface area contributed by atoms with Crippen LogP contribution in [0, 0.1) is 0 Å². The molecule has 1 aromatic heterocycles. The number of aromatic nitrogens is 1. The Bertz CT molecular complexity index is 1000. The lowest BCUT2D eigenvalue weighted by atomic mass is 9.93. The van der Waals surface area contributed by atoms with Gasteiger partial charge >= 0.3 is 0 Å². The van der Waals surface area contributed by atoms with Gasteiger partial charge in [0.05, 0.1) is 12.0 Å². The van der Waals surface area contributed by atoms with Crippen LogP contribution in [-0.4, -0.2) is 21.9 Å². The number of ether oxygens (including phenoxy) is 1. The van der Waals surface area contributed by atoms with E-state index in [-0.39, 0.29) is 11.7 Å². The number of nitrogens with zero attached hydrogens (tertiary/aromatic N) is 1. The first-order valence-corrected chi connectivity index (χ1v) is 8.82. The van der Waals surface area contributed by atoms with Crippen molar-refractivity contribution in [3.05, 3.63) is 78.1 Å². The highest BCUT2D eigenvalue weighted by Crippen LogP contribution is 2.34. The van der Waals surface area contributed by atoms with E-state index in [1.165, 1.54) is 0 Å². The quantitative estimate of drug-likeness (QED) is 0.749. The van der Waals surface area contributed by atoms with Gasteiger partial charge in [0.1, 0.15) is 11.4 Å². The van der Waals surface area contributed by atoms with Crippen molar-refractivity contribution in [2.45, 2.75) is 25.9 Å². The van der Waals surface area contributed by atoms with Crippen molar-refractivity contribution in [2.24, 2.45) is 0 Å². The zero-order valence-electron chi connectivity index (χ0n) is 15.2. The molecule has 0 radical (unpaired) electrons. The second-order valence-electron chi connectivity index (χ2n) is 7.26. The van der Waals surface area contributed by atoms with Crippen LogP contribution in [-0.2, 0) is 0 Å². The van der Waals surface area contributed by atoms with Gasteiger partial charge in [0, 0.05) is 29.3 Å². The van der Waals surface area contributed by atoms with Crippen molar-refractivity contribution >= 4 is 17.4 Å². The number of hydrogen-bond acceptors (Lipinski definition) is 3. The molecule has 5 nitrogen and oxygen atoms in total. The average molecular weight is 360 g/mol. The molecule has 1 amide bonds. The molecule has 0 aliphatic carbocycles. The molecule has 5 heteroatoms. The van der Waals surface area contributed by atoms with Crippen molar-refractivity contribution in [1.82, 2.24) is 4.57 Å². The van der Waals surface area contributed by atoms with Crippen LogP contribution in [0.25, 0.3) is 5.69 Å². The Hall–Kier alpha value is -3.34. The number of ketones is 1. The van der Waals surface area contributed by atoms with Crippen LogP contribution in [0.15, 0.2) is 67.0 Å². The van der Waals surface area contributed by atoms with E-state index in [2.05, 4.69) is 5.32 Å². The third-order valence-electron chi connectivity index (χ3n) is 4.54. The van der Waals surface area contributed by atoms with Gasteiger partial charge in [-0.3, -0.25) is 9.59 Å². The van der Waals surface area contributed by atoms with Crippen molar-refractivity contribution in [2.75, 3.05) is 5.32 Å². The number of amides is 1. The summed E-state index contributed by atoms with van der Waals surface area (Å²) in [5.74, 6) is 0.359. The van der Waals surface area contributed by atoms with E-state index in [4.69, 9.17) is 4.74 Å². The van der Waals surface area contributed by atoms with E-state index < -0.39 is 5.60 Å². The van der Waals surface area contributed by atoms with Crippen molar-refractivity contribution in [3.63, 3.8) is 0 Å². The minimum Gasteiger partial charge on any atom is -0.487 e. The zero-order valence-corrected chi connectivity index (χ0v) is 15.2. The van der Waals surface area contributed by atoms with Gasteiger partial charge in [0.25, 0.3) is 5.91 Å². The third-order valence-corrected chi connectivity index (χ3v) is 4.54. The van der Waals surface area contributed by atoms with Crippen LogP contribution in [0.4, 0.5) is 5.69 Å². The Morgan fingerprint density at radius 2 is 1.78 bits per heavy atom. The maximum absolute atomic E-state index is 12.5. The predicted molar refractivity (Wildman–Crippen MR) is 104 cm³/mol. The number of benzene rings is 2. The summed E-state index contributed by atoms with van der Waals surface area (Å²) in [7, 11) is 0. The van der Waals surface area contributed by atoms with Crippen LogP contribution in [0.3, 0.4) is 0 Å². The number of Topliss-reactive ketones (excluding diaryl/α,β-unsaturated/α-hetero) is 1. The number of carbonyl (C=O) groups excluding carboxylic acids is 2. The number of anilines is 1. The van der Waals surface area contributed by atoms with E-state index in [0.29, 0.717) is 29.0 Å². The highest BCUT2D eigenvalue weighted by Gasteiger charge is 2.32. The summed E-state index contributed by atoms with van der Waals surface area (Å²) in [4.78, 5) is 24.9. The van der Waals surface area contributed by atoms with Gasteiger partial charge in [0.15, 0.2) is 5.78 Å². The third kappa shape index (κ3) is 3.49. The number of carbonyl (C=O) groups is 2. The van der Waals surface area contributed by atoms with Gasteiger partial charge in [0.2, 0.25) is 0 Å². The Balaban J connectivity index is 1.52. The lowest BCUT2D eigenvalue weighted by molar-refractivity contribution is 0.0620. The summed E-state index contributed by atoms with van der Waals surface area (Å²) in [5.41, 5.74) is 2.11. The minimum absolute atomic E-state index is 0.0217. The molecular formula is C22H20N2O3. The standard InChI is InChI=1S/C22H20N2O3/c1-22(2)14-19(25)18-13-16(7-10-20(18)27-22)23-21(26)15-5-8-17(9-6-15)24-11-3-4-12-24/h3-13H,14H2,1-2H3,(H,23,26). The highest BCUT2D eigenvalue weighted by atomic mass is 16.5. The first kappa shape index (κ1) is 17.1. The fourth-order valence-corrected chi connectivity index (χ4v) is 3.23. The van der Waals surface area contributed by atoms with Crippen LogP contribution < -0.4 is 10.1 Å². The Labute approximate surface area is 157 Å². The Kier molecular flexibility index (Phi) is 4.07. The van der Waals surface area contributed by atoms with Gasteiger partial charge in [-0.2, -0.15) is 0 Å². The Morgan fingerprint density at radius 3 is 2.48 bits per heavy atom. The molecule has 0 saturated carbocycles. The van der Waals surface area contributed by atoms with Crippen LogP contribution in [0.1, 0.15) is 41.0 Å². The molecular weight excluding hydrogens is 340 g/mol. The second-order valence-corrected chi connectivity index (χ2v) is 7.26. The molecule has 2 aromatic carbocycles. The molecule has 1 aliphatic heterocycles. The Morgan fingerprint density at radius 1 is 1.07 bits per heavy atom. The minimum atomic E-state index is -0.504. The van der Waals surface area contributed by atoms with Gasteiger partial charge < -0.3 is 14.6 Å². The molecule has 4 rings (SSSR count). The van der Waals surface area contributed by atoms with E-state index >= 15 is 0 Å². The second kappa shape index (κ2) is 6.43. The van der Waals surface area contributed by atoms with Gasteiger partial charge in [-0.25, -0.2) is 0 Å². The van der Waals surface area contributed by atoms with Crippen LogP contribution >= 0.6 is 0 Å². The van der Waals surface area contributed by atoms with Crippen LogP contribution in [0.5, 0.6) is 5.75 Å². The predicted octanol–water partition coefficient (Wildman–Crippen LogP) is 4.47. The van der Waals surface area contributed by atoms with Crippen molar-refractivity contribution < 1.29 is 14.3 Å². The molecule has 1 N–H and O–H groups in total. The zero-order chi connectivity index (χ0) is 19.0. The molecule has 0 atom stereocenters. The molecule has 1 aliphatic rings. The fourth-order valence-electron chi connectivity index (χ4n) is 3.23. The molecule has 0 bridgehead atoms.